The summed E-state index contributed by atoms with van der Waals surface area (Å²) < 4.78 is 6.50. The molecule has 0 unspecified atom stereocenters. The second kappa shape index (κ2) is 11.2. The zero-order valence-corrected chi connectivity index (χ0v) is 26.1. The first-order valence-corrected chi connectivity index (χ1v) is 16.2. The number of para-hydroxylation sites is 2. The molecule has 0 amide bonds. The average Bonchev–Trinajstić information content (AvgIpc) is 3.44. The van der Waals surface area contributed by atoms with E-state index in [1.165, 1.54) is 38.9 Å². The van der Waals surface area contributed by atoms with E-state index in [2.05, 4.69) is 126 Å². The van der Waals surface area contributed by atoms with E-state index < -0.39 is 5.41 Å². The zero-order valence-electron chi connectivity index (χ0n) is 26.1. The van der Waals surface area contributed by atoms with Gasteiger partial charge in [0, 0.05) is 22.9 Å². The maximum atomic E-state index is 8.56. The van der Waals surface area contributed by atoms with Gasteiger partial charge in [-0.2, -0.15) is 0 Å². The minimum Gasteiger partial charge on any atom is -0.457 e. The number of ether oxygens (including phenoxy) is 1. The highest BCUT2D eigenvalue weighted by atomic mass is 16.5. The summed E-state index contributed by atoms with van der Waals surface area (Å²) in [6.07, 6.45) is 1.74. The minimum absolute atomic E-state index is 0.238. The van der Waals surface area contributed by atoms with E-state index in [4.69, 9.17) is 10.1 Å². The standard InChI is InChI=1S/C45H30N2O/c46-44(47-29-30-11-2-1-3-12-30)35-14-10-13-33(27-35)31-21-23-32(24-22-31)34-25-26-37-36-15-4-5-16-38(36)45(41(37)28-34)39-17-6-8-19-42(39)48-43-20-9-7-18-40(43)45/h1-29,46H. The summed E-state index contributed by atoms with van der Waals surface area (Å²) in [4.78, 5) is 4.41. The first-order valence-electron chi connectivity index (χ1n) is 16.2. The van der Waals surface area contributed by atoms with E-state index in [9.17, 15) is 0 Å². The minimum atomic E-state index is -0.485. The largest absolute Gasteiger partial charge is 0.457 e. The number of aliphatic imine (C=N–C) groups is 1. The molecule has 0 radical (unpaired) electrons. The number of hydrogen-bond donors (Lipinski definition) is 1. The van der Waals surface area contributed by atoms with Gasteiger partial charge in [-0.25, -0.2) is 4.99 Å². The van der Waals surface area contributed by atoms with Gasteiger partial charge in [0.2, 0.25) is 0 Å². The third kappa shape index (κ3) is 4.36. The predicted octanol–water partition coefficient (Wildman–Crippen LogP) is 10.9. The molecule has 2 aliphatic rings. The first kappa shape index (κ1) is 27.9. The number of amidine groups is 1. The Labute approximate surface area is 280 Å². The summed E-state index contributed by atoms with van der Waals surface area (Å²) in [5.74, 6) is 2.03. The highest BCUT2D eigenvalue weighted by Gasteiger charge is 2.50. The fraction of sp³-hybridized carbons (Fsp3) is 0.0222. The Hall–Kier alpha value is -6.32. The third-order valence-corrected chi connectivity index (χ3v) is 9.68. The van der Waals surface area contributed by atoms with Crippen molar-refractivity contribution in [1.29, 1.82) is 5.41 Å². The van der Waals surface area contributed by atoms with Crippen LogP contribution >= 0.6 is 0 Å². The molecule has 0 aromatic heterocycles. The molecule has 9 rings (SSSR count). The average molecular weight is 615 g/mol. The number of rotatable bonds is 4. The number of nitrogens with one attached hydrogen (secondary N) is 1. The second-order valence-electron chi connectivity index (χ2n) is 12.3. The van der Waals surface area contributed by atoms with Crippen molar-refractivity contribution < 1.29 is 4.74 Å². The predicted molar refractivity (Wildman–Crippen MR) is 196 cm³/mol. The Morgan fingerprint density at radius 2 is 1.04 bits per heavy atom. The molecule has 0 fully saturated rings. The van der Waals surface area contributed by atoms with Gasteiger partial charge in [0.25, 0.3) is 0 Å². The van der Waals surface area contributed by atoms with Crippen molar-refractivity contribution in [2.45, 2.75) is 5.41 Å². The van der Waals surface area contributed by atoms with Crippen molar-refractivity contribution in [2.24, 2.45) is 4.99 Å². The number of nitrogens with zero attached hydrogens (tertiary/aromatic N) is 1. The Kier molecular flexibility index (Phi) is 6.51. The van der Waals surface area contributed by atoms with Crippen LogP contribution in [0.2, 0.25) is 0 Å². The van der Waals surface area contributed by atoms with Crippen LogP contribution in [0, 0.1) is 5.41 Å². The molecule has 1 N–H and O–H groups in total. The van der Waals surface area contributed by atoms with Gasteiger partial charge in [-0.1, -0.05) is 146 Å². The molecule has 3 nitrogen and oxygen atoms in total. The number of fused-ring (bicyclic) bond motifs is 9. The number of hydrogen-bond acceptors (Lipinski definition) is 2. The van der Waals surface area contributed by atoms with Crippen LogP contribution in [-0.4, -0.2) is 12.1 Å². The Morgan fingerprint density at radius 1 is 0.479 bits per heavy atom. The zero-order chi connectivity index (χ0) is 32.1. The Morgan fingerprint density at radius 3 is 1.75 bits per heavy atom. The van der Waals surface area contributed by atoms with Crippen LogP contribution in [0.15, 0.2) is 175 Å². The summed E-state index contributed by atoms with van der Waals surface area (Å²) in [5, 5.41) is 8.56. The van der Waals surface area contributed by atoms with Crippen molar-refractivity contribution in [3.05, 3.63) is 203 Å². The molecule has 48 heavy (non-hydrogen) atoms. The van der Waals surface area contributed by atoms with E-state index in [0.29, 0.717) is 0 Å². The quantitative estimate of drug-likeness (QED) is 0.156. The molecule has 226 valence electrons. The SMILES string of the molecule is N=C(N=Cc1ccccc1)c1cccc(-c2ccc(-c3ccc4c(c3)C3(c5ccccc5Oc5ccccc53)c3ccccc3-4)cc2)c1. The lowest BCUT2D eigenvalue weighted by Gasteiger charge is -2.39. The molecule has 0 saturated heterocycles. The van der Waals surface area contributed by atoms with Crippen LogP contribution < -0.4 is 4.74 Å². The maximum absolute atomic E-state index is 8.56. The molecule has 1 heterocycles. The van der Waals surface area contributed by atoms with Crippen molar-refractivity contribution in [3.8, 4) is 44.9 Å². The topological polar surface area (TPSA) is 45.4 Å². The lowest BCUT2D eigenvalue weighted by molar-refractivity contribution is 0.436. The van der Waals surface area contributed by atoms with Gasteiger partial charge in [0.15, 0.2) is 5.84 Å². The maximum Gasteiger partial charge on any atom is 0.151 e. The van der Waals surface area contributed by atoms with Crippen LogP contribution in [0.25, 0.3) is 33.4 Å². The Balaban J connectivity index is 1.11. The lowest BCUT2D eigenvalue weighted by atomic mass is 9.66. The molecule has 1 aliphatic carbocycles. The summed E-state index contributed by atoms with van der Waals surface area (Å²) in [7, 11) is 0. The van der Waals surface area contributed by atoms with E-state index in [0.717, 1.165) is 39.3 Å². The summed E-state index contributed by atoms with van der Waals surface area (Å²) >= 11 is 0. The molecule has 1 aliphatic heterocycles. The van der Waals surface area contributed by atoms with Crippen molar-refractivity contribution in [2.75, 3.05) is 0 Å². The van der Waals surface area contributed by atoms with Gasteiger partial charge >= 0.3 is 0 Å². The molecular weight excluding hydrogens is 585 g/mol. The van der Waals surface area contributed by atoms with Gasteiger partial charge < -0.3 is 4.74 Å². The van der Waals surface area contributed by atoms with Gasteiger partial charge in [0.1, 0.15) is 11.5 Å². The summed E-state index contributed by atoms with van der Waals surface area (Å²) in [5.41, 5.74) is 13.1. The molecule has 0 bridgehead atoms. The van der Waals surface area contributed by atoms with Crippen molar-refractivity contribution >= 4 is 12.1 Å². The Bertz CT molecular complexity index is 2340. The molecule has 1 spiro atoms. The molecular formula is C45H30N2O. The summed E-state index contributed by atoms with van der Waals surface area (Å²) in [6, 6.07) is 59.4. The normalized spacial score (nSPS) is 13.3. The van der Waals surface area contributed by atoms with Crippen molar-refractivity contribution in [1.82, 2.24) is 0 Å². The lowest BCUT2D eigenvalue weighted by Crippen LogP contribution is -2.32. The molecule has 7 aromatic carbocycles. The van der Waals surface area contributed by atoms with Crippen LogP contribution in [0.1, 0.15) is 33.4 Å². The van der Waals surface area contributed by atoms with E-state index in [-0.39, 0.29) is 5.84 Å². The fourth-order valence-corrected chi connectivity index (χ4v) is 7.49. The van der Waals surface area contributed by atoms with Gasteiger partial charge in [-0.3, -0.25) is 5.41 Å². The highest BCUT2D eigenvalue weighted by molar-refractivity contribution is 6.04. The van der Waals surface area contributed by atoms with Gasteiger partial charge in [-0.05, 0) is 74.3 Å². The second-order valence-corrected chi connectivity index (χ2v) is 12.3. The summed E-state index contributed by atoms with van der Waals surface area (Å²) in [6.45, 7) is 0. The first-order chi connectivity index (χ1) is 23.7. The third-order valence-electron chi connectivity index (χ3n) is 9.68. The molecule has 3 heteroatoms. The van der Waals surface area contributed by atoms with E-state index in [1.54, 1.807) is 6.21 Å². The smallest absolute Gasteiger partial charge is 0.151 e. The van der Waals surface area contributed by atoms with E-state index >= 15 is 0 Å². The molecule has 0 saturated carbocycles. The van der Waals surface area contributed by atoms with Crippen molar-refractivity contribution in [3.63, 3.8) is 0 Å². The van der Waals surface area contributed by atoms with Gasteiger partial charge in [-0.15, -0.1) is 0 Å². The van der Waals surface area contributed by atoms with Crippen LogP contribution in [-0.2, 0) is 5.41 Å². The molecule has 0 atom stereocenters. The van der Waals surface area contributed by atoms with Crippen LogP contribution in [0.5, 0.6) is 11.5 Å². The fourth-order valence-electron chi connectivity index (χ4n) is 7.49. The van der Waals surface area contributed by atoms with Crippen LogP contribution in [0.3, 0.4) is 0 Å². The highest BCUT2D eigenvalue weighted by Crippen LogP contribution is 2.62. The molecule has 7 aromatic rings. The van der Waals surface area contributed by atoms with Gasteiger partial charge in [0.05, 0.1) is 5.41 Å². The van der Waals surface area contributed by atoms with Crippen LogP contribution in [0.4, 0.5) is 0 Å². The number of benzene rings is 7. The van der Waals surface area contributed by atoms with E-state index in [1.807, 2.05) is 48.5 Å². The monoisotopic (exact) mass is 614 g/mol.